The second-order valence-corrected chi connectivity index (χ2v) is 2.51. The van der Waals surface area contributed by atoms with Gasteiger partial charge >= 0.3 is 0 Å². The fraction of sp³-hybridized carbons (Fsp3) is 0.375. The number of rotatable bonds is 0. The van der Waals surface area contributed by atoms with Gasteiger partial charge in [-0.1, -0.05) is 0 Å². The molecular weight excluding hydrogens is 140 g/mol. The van der Waals surface area contributed by atoms with E-state index in [1.54, 1.807) is 6.20 Å². The van der Waals surface area contributed by atoms with E-state index in [-0.39, 0.29) is 0 Å². The summed E-state index contributed by atoms with van der Waals surface area (Å²) in [6, 6.07) is 1.98. The van der Waals surface area contributed by atoms with Gasteiger partial charge in [0.05, 0.1) is 25.1 Å². The third-order valence-corrected chi connectivity index (χ3v) is 1.73. The first-order valence-electron chi connectivity index (χ1n) is 3.71. The van der Waals surface area contributed by atoms with Crippen molar-refractivity contribution < 1.29 is 4.74 Å². The van der Waals surface area contributed by atoms with E-state index in [1.807, 2.05) is 12.3 Å². The molecule has 0 saturated carbocycles. The van der Waals surface area contributed by atoms with Crippen molar-refractivity contribution in [1.29, 1.82) is 0 Å². The van der Waals surface area contributed by atoms with Crippen LogP contribution in [0.15, 0.2) is 18.5 Å². The second kappa shape index (κ2) is 2.88. The minimum atomic E-state index is 0.699. The van der Waals surface area contributed by atoms with Crippen LogP contribution in [0.1, 0.15) is 5.56 Å². The summed E-state index contributed by atoms with van der Waals surface area (Å²) in [7, 11) is 0. The molecule has 0 amide bonds. The van der Waals surface area contributed by atoms with Gasteiger partial charge in [0.25, 0.3) is 0 Å². The summed E-state index contributed by atoms with van der Waals surface area (Å²) in [5.74, 6) is 0. The van der Waals surface area contributed by atoms with Crippen LogP contribution in [-0.4, -0.2) is 18.1 Å². The summed E-state index contributed by atoms with van der Waals surface area (Å²) in [6.45, 7) is 2.35. The molecule has 0 unspecified atom stereocenters. The molecule has 0 radical (unpaired) electrons. The SMILES string of the molecule is c1cc2c(cn1)NCCOC2. The topological polar surface area (TPSA) is 34.2 Å². The zero-order valence-corrected chi connectivity index (χ0v) is 6.21. The van der Waals surface area contributed by atoms with Crippen LogP contribution in [0.2, 0.25) is 0 Å². The highest BCUT2D eigenvalue weighted by Crippen LogP contribution is 2.15. The van der Waals surface area contributed by atoms with Gasteiger partial charge in [-0.15, -0.1) is 0 Å². The van der Waals surface area contributed by atoms with Crippen LogP contribution in [0.25, 0.3) is 0 Å². The molecule has 0 spiro atoms. The van der Waals surface area contributed by atoms with Crippen LogP contribution >= 0.6 is 0 Å². The Balaban J connectivity index is 2.33. The van der Waals surface area contributed by atoms with E-state index >= 15 is 0 Å². The van der Waals surface area contributed by atoms with Crippen molar-refractivity contribution in [2.45, 2.75) is 6.61 Å². The largest absolute Gasteiger partial charge is 0.381 e. The van der Waals surface area contributed by atoms with Crippen molar-refractivity contribution in [2.75, 3.05) is 18.5 Å². The lowest BCUT2D eigenvalue weighted by Gasteiger charge is -2.02. The van der Waals surface area contributed by atoms with Crippen LogP contribution in [0, 0.1) is 0 Å². The van der Waals surface area contributed by atoms with Gasteiger partial charge in [-0.2, -0.15) is 0 Å². The maximum absolute atomic E-state index is 5.33. The number of aromatic nitrogens is 1. The molecule has 0 aliphatic carbocycles. The number of pyridine rings is 1. The predicted octanol–water partition coefficient (Wildman–Crippen LogP) is 1.02. The quantitative estimate of drug-likeness (QED) is 0.599. The Kier molecular flexibility index (Phi) is 1.73. The van der Waals surface area contributed by atoms with Crippen molar-refractivity contribution in [3.8, 4) is 0 Å². The summed E-state index contributed by atoms with van der Waals surface area (Å²) in [6.07, 6.45) is 3.62. The Morgan fingerprint density at radius 3 is 3.55 bits per heavy atom. The van der Waals surface area contributed by atoms with Gasteiger partial charge in [-0.3, -0.25) is 4.98 Å². The Morgan fingerprint density at radius 1 is 1.55 bits per heavy atom. The number of fused-ring (bicyclic) bond motifs is 1. The first kappa shape index (κ1) is 6.61. The molecular formula is C8H10N2O. The Hall–Kier alpha value is -1.09. The number of anilines is 1. The molecule has 0 bridgehead atoms. The molecule has 58 valence electrons. The van der Waals surface area contributed by atoms with Gasteiger partial charge < -0.3 is 10.1 Å². The molecule has 1 aliphatic heterocycles. The number of nitrogens with one attached hydrogen (secondary N) is 1. The zero-order valence-electron chi connectivity index (χ0n) is 6.21. The highest BCUT2D eigenvalue weighted by atomic mass is 16.5. The average molecular weight is 150 g/mol. The monoisotopic (exact) mass is 150 g/mol. The predicted molar refractivity (Wildman–Crippen MR) is 42.4 cm³/mol. The summed E-state index contributed by atoms with van der Waals surface area (Å²) < 4.78 is 5.33. The van der Waals surface area contributed by atoms with Crippen LogP contribution in [0.3, 0.4) is 0 Å². The Bertz CT molecular complexity index is 225. The smallest absolute Gasteiger partial charge is 0.0738 e. The van der Waals surface area contributed by atoms with E-state index < -0.39 is 0 Å². The third-order valence-electron chi connectivity index (χ3n) is 1.73. The summed E-state index contributed by atoms with van der Waals surface area (Å²) >= 11 is 0. The number of hydrogen-bond donors (Lipinski definition) is 1. The van der Waals surface area contributed by atoms with Gasteiger partial charge in [-0.05, 0) is 6.07 Å². The molecule has 3 heteroatoms. The number of hydrogen-bond acceptors (Lipinski definition) is 3. The van der Waals surface area contributed by atoms with Crippen LogP contribution in [0.4, 0.5) is 5.69 Å². The van der Waals surface area contributed by atoms with Gasteiger partial charge in [-0.25, -0.2) is 0 Å². The van der Waals surface area contributed by atoms with Gasteiger partial charge in [0.15, 0.2) is 0 Å². The molecule has 1 aromatic rings. The Labute approximate surface area is 65.4 Å². The first-order valence-corrected chi connectivity index (χ1v) is 3.71. The van der Waals surface area contributed by atoms with Crippen molar-refractivity contribution in [1.82, 2.24) is 4.98 Å². The highest BCUT2D eigenvalue weighted by molar-refractivity contribution is 5.48. The standard InChI is InChI=1S/C8H10N2O/c1-2-9-5-8-7(1)6-11-4-3-10-8/h1-2,5,10H,3-4,6H2. The lowest BCUT2D eigenvalue weighted by molar-refractivity contribution is 0.134. The van der Waals surface area contributed by atoms with E-state index in [9.17, 15) is 0 Å². The molecule has 0 saturated heterocycles. The molecule has 1 aliphatic rings. The summed E-state index contributed by atoms with van der Waals surface area (Å²) in [4.78, 5) is 4.02. The van der Waals surface area contributed by atoms with Crippen molar-refractivity contribution in [3.63, 3.8) is 0 Å². The molecule has 1 aromatic heterocycles. The minimum absolute atomic E-state index is 0.699. The van der Waals surface area contributed by atoms with E-state index in [0.29, 0.717) is 6.61 Å². The van der Waals surface area contributed by atoms with E-state index in [2.05, 4.69) is 10.3 Å². The Morgan fingerprint density at radius 2 is 2.55 bits per heavy atom. The molecule has 3 nitrogen and oxygen atoms in total. The third kappa shape index (κ3) is 1.33. The molecule has 2 rings (SSSR count). The first-order chi connectivity index (χ1) is 5.47. The maximum atomic E-state index is 5.33. The molecule has 0 atom stereocenters. The molecule has 0 aromatic carbocycles. The van der Waals surface area contributed by atoms with Crippen LogP contribution in [-0.2, 0) is 11.3 Å². The van der Waals surface area contributed by atoms with Gasteiger partial charge in [0.2, 0.25) is 0 Å². The molecule has 11 heavy (non-hydrogen) atoms. The summed E-state index contributed by atoms with van der Waals surface area (Å²) in [5, 5.41) is 3.24. The summed E-state index contributed by atoms with van der Waals surface area (Å²) in [5.41, 5.74) is 2.29. The van der Waals surface area contributed by atoms with Gasteiger partial charge in [0, 0.05) is 18.3 Å². The number of nitrogens with zero attached hydrogens (tertiary/aromatic N) is 1. The lowest BCUT2D eigenvalue weighted by Crippen LogP contribution is -2.04. The fourth-order valence-corrected chi connectivity index (χ4v) is 1.15. The second-order valence-electron chi connectivity index (χ2n) is 2.51. The lowest BCUT2D eigenvalue weighted by atomic mass is 10.2. The van der Waals surface area contributed by atoms with Crippen molar-refractivity contribution in [3.05, 3.63) is 24.0 Å². The highest BCUT2D eigenvalue weighted by Gasteiger charge is 2.04. The average Bonchev–Trinajstić information content (AvgIpc) is 2.28. The fourth-order valence-electron chi connectivity index (χ4n) is 1.15. The number of ether oxygens (including phenoxy) is 1. The van der Waals surface area contributed by atoms with Crippen molar-refractivity contribution in [2.24, 2.45) is 0 Å². The zero-order chi connectivity index (χ0) is 7.52. The van der Waals surface area contributed by atoms with Crippen LogP contribution < -0.4 is 5.32 Å². The molecule has 1 N–H and O–H groups in total. The van der Waals surface area contributed by atoms with Gasteiger partial charge in [0.1, 0.15) is 0 Å². The van der Waals surface area contributed by atoms with Crippen LogP contribution in [0.5, 0.6) is 0 Å². The van der Waals surface area contributed by atoms with E-state index in [0.717, 1.165) is 18.8 Å². The normalized spacial score (nSPS) is 16.4. The van der Waals surface area contributed by atoms with E-state index in [1.165, 1.54) is 5.56 Å². The van der Waals surface area contributed by atoms with E-state index in [4.69, 9.17) is 4.74 Å². The maximum Gasteiger partial charge on any atom is 0.0738 e. The van der Waals surface area contributed by atoms with Crippen molar-refractivity contribution >= 4 is 5.69 Å². The minimum Gasteiger partial charge on any atom is -0.381 e. The molecule has 0 fully saturated rings. The molecule has 2 heterocycles.